The second-order valence-corrected chi connectivity index (χ2v) is 12.0. The lowest BCUT2D eigenvalue weighted by Gasteiger charge is -2.36. The highest BCUT2D eigenvalue weighted by atomic mass is 16.5. The number of Topliss-reactive ketones (excluding diaryl/α,β-unsaturated/α-hetero) is 1. The number of allylic oxidation sites excluding steroid dienone is 19. The molecule has 234 valence electrons. The average Bonchev–Trinajstić information content (AvgIpc) is 2.93. The van der Waals surface area contributed by atoms with Crippen LogP contribution in [0.2, 0.25) is 0 Å². The summed E-state index contributed by atoms with van der Waals surface area (Å²) in [5.74, 6) is -0.511. The molecular weight excluding hydrogens is 532 g/mol. The lowest BCUT2D eigenvalue weighted by molar-refractivity contribution is -0.411. The van der Waals surface area contributed by atoms with Crippen molar-refractivity contribution < 1.29 is 25.8 Å². The molecule has 2 unspecified atom stereocenters. The van der Waals surface area contributed by atoms with Crippen molar-refractivity contribution in [1.29, 1.82) is 0 Å². The van der Waals surface area contributed by atoms with Crippen molar-refractivity contribution in [3.63, 3.8) is 0 Å². The van der Waals surface area contributed by atoms with Gasteiger partial charge in [-0.25, -0.2) is 4.79 Å². The van der Waals surface area contributed by atoms with Crippen LogP contribution in [0.4, 0.5) is 0 Å². The Balaban J connectivity index is 2.82. The van der Waals surface area contributed by atoms with Gasteiger partial charge in [-0.15, -0.1) is 0 Å². The first-order valence-corrected chi connectivity index (χ1v) is 15.4. The van der Waals surface area contributed by atoms with Crippen LogP contribution in [0.25, 0.3) is 0 Å². The van der Waals surface area contributed by atoms with Crippen molar-refractivity contribution in [3.05, 3.63) is 119 Å². The third kappa shape index (κ3) is 14.5. The zero-order valence-corrected chi connectivity index (χ0v) is 27.9. The predicted octanol–water partition coefficient (Wildman–Crippen LogP) is 6.82. The molecule has 1 rings (SSSR count). The van der Waals surface area contributed by atoms with E-state index in [0.717, 1.165) is 36.1 Å². The Morgan fingerprint density at radius 3 is 1.93 bits per heavy atom. The minimum atomic E-state index is -0.759. The normalized spacial score (nSPS) is 20.1. The Morgan fingerprint density at radius 1 is 0.884 bits per heavy atom. The van der Waals surface area contributed by atoms with Gasteiger partial charge in [0.25, 0.3) is 0 Å². The lowest BCUT2D eigenvalue weighted by atomic mass is 9.71. The average molecular weight is 589 g/mol. The van der Waals surface area contributed by atoms with Crippen LogP contribution in [-0.4, -0.2) is 30.4 Å². The van der Waals surface area contributed by atoms with Gasteiger partial charge in [0.05, 0.1) is 6.54 Å². The van der Waals surface area contributed by atoms with E-state index in [-0.39, 0.29) is 11.2 Å². The maximum Gasteiger partial charge on any atom is 0.365 e. The third-order valence-corrected chi connectivity index (χ3v) is 7.34. The molecule has 43 heavy (non-hydrogen) atoms. The van der Waals surface area contributed by atoms with E-state index in [1.54, 1.807) is 0 Å². The van der Waals surface area contributed by atoms with E-state index in [9.17, 15) is 9.59 Å². The molecule has 0 saturated carbocycles. The Labute approximate surface area is 260 Å². The molecule has 6 N–H and O–H groups in total. The summed E-state index contributed by atoms with van der Waals surface area (Å²) >= 11 is 0. The Hall–Kier alpha value is -3.54. The molecule has 0 spiro atoms. The number of unbranched alkanes of at least 4 members (excludes halogenated alkanes) is 1. The zero-order chi connectivity index (χ0) is 32.4. The van der Waals surface area contributed by atoms with Crippen LogP contribution in [0.15, 0.2) is 119 Å². The summed E-state index contributed by atoms with van der Waals surface area (Å²) in [4.78, 5) is 25.7. The maximum absolute atomic E-state index is 13.1. The summed E-state index contributed by atoms with van der Waals surface area (Å²) in [6, 6.07) is -0.461. The molecule has 0 saturated heterocycles. The molecule has 0 aromatic heterocycles. The van der Waals surface area contributed by atoms with Crippen LogP contribution in [0.5, 0.6) is 0 Å². The predicted molar refractivity (Wildman–Crippen MR) is 181 cm³/mol. The van der Waals surface area contributed by atoms with Crippen molar-refractivity contribution in [3.8, 4) is 0 Å². The molecule has 5 heteroatoms. The summed E-state index contributed by atoms with van der Waals surface area (Å²) < 4.78 is 5.66. The van der Waals surface area contributed by atoms with Crippen LogP contribution in [0.3, 0.4) is 0 Å². The second kappa shape index (κ2) is 19.6. The summed E-state index contributed by atoms with van der Waals surface area (Å²) in [5, 5.41) is 0. The van der Waals surface area contributed by atoms with E-state index < -0.39 is 18.1 Å². The van der Waals surface area contributed by atoms with Crippen molar-refractivity contribution in [1.82, 2.24) is 0 Å². The minimum Gasteiger partial charge on any atom is -0.450 e. The summed E-state index contributed by atoms with van der Waals surface area (Å²) in [6.07, 6.45) is 31.0. The van der Waals surface area contributed by atoms with Crippen LogP contribution in [0, 0.1) is 5.41 Å². The fourth-order valence-corrected chi connectivity index (χ4v) is 4.73. The van der Waals surface area contributed by atoms with Crippen molar-refractivity contribution in [2.75, 3.05) is 6.54 Å². The minimum absolute atomic E-state index is 0.120. The lowest BCUT2D eigenvalue weighted by Crippen LogP contribution is -2.66. The second-order valence-electron chi connectivity index (χ2n) is 12.0. The van der Waals surface area contributed by atoms with Crippen LogP contribution in [-0.2, 0) is 14.3 Å². The molecule has 5 nitrogen and oxygen atoms in total. The number of esters is 1. The highest BCUT2D eigenvalue weighted by Crippen LogP contribution is 2.40. The number of ether oxygens (including phenoxy) is 1. The number of hydrogen-bond donors (Lipinski definition) is 2. The molecule has 0 fully saturated rings. The molecule has 0 heterocycles. The van der Waals surface area contributed by atoms with Crippen molar-refractivity contribution in [2.24, 2.45) is 5.41 Å². The van der Waals surface area contributed by atoms with Gasteiger partial charge in [-0.2, -0.15) is 0 Å². The van der Waals surface area contributed by atoms with Gasteiger partial charge in [-0.3, -0.25) is 4.79 Å². The molecule has 1 aliphatic carbocycles. The van der Waals surface area contributed by atoms with E-state index >= 15 is 0 Å². The number of carbonyl (C=O) groups excluding carboxylic acids is 2. The largest absolute Gasteiger partial charge is 0.450 e. The molecule has 0 aromatic rings. The Morgan fingerprint density at radius 2 is 1.40 bits per heavy atom. The van der Waals surface area contributed by atoms with Crippen LogP contribution >= 0.6 is 0 Å². The maximum atomic E-state index is 13.1. The molecule has 0 bridgehead atoms. The molecular formula is C38H56N2O3+2. The van der Waals surface area contributed by atoms with E-state index in [2.05, 4.69) is 94.7 Å². The molecule has 0 aromatic carbocycles. The Kier molecular flexibility index (Phi) is 17.1. The zero-order valence-electron chi connectivity index (χ0n) is 27.9. The first-order chi connectivity index (χ1) is 20.3. The molecule has 1 aliphatic rings. The SMILES string of the molecule is C/C=C/C(C)=C/C=C/C(C)=C/C=C/C=C(C)/C=C/C=C(C)/C=C/C1=C(C)C(=O)C(OC(=O)C([NH3+])CCCC[NH3+])CC1(C)C. The number of hydrogen-bond acceptors (Lipinski definition) is 3. The van der Waals surface area contributed by atoms with Crippen LogP contribution < -0.4 is 11.5 Å². The van der Waals surface area contributed by atoms with E-state index in [0.29, 0.717) is 18.4 Å². The molecule has 0 amide bonds. The van der Waals surface area contributed by atoms with E-state index in [4.69, 9.17) is 4.74 Å². The van der Waals surface area contributed by atoms with Crippen molar-refractivity contribution >= 4 is 11.8 Å². The summed E-state index contributed by atoms with van der Waals surface area (Å²) in [7, 11) is 0. The highest BCUT2D eigenvalue weighted by molar-refractivity contribution is 6.01. The van der Waals surface area contributed by atoms with E-state index in [1.165, 1.54) is 11.1 Å². The van der Waals surface area contributed by atoms with Crippen LogP contribution in [0.1, 0.15) is 81.1 Å². The topological polar surface area (TPSA) is 98.7 Å². The number of rotatable bonds is 15. The monoisotopic (exact) mass is 588 g/mol. The quantitative estimate of drug-likeness (QED) is 0.125. The summed E-state index contributed by atoms with van der Waals surface area (Å²) in [6.45, 7) is 17.1. The van der Waals surface area contributed by atoms with Gasteiger partial charge in [0.2, 0.25) is 0 Å². The van der Waals surface area contributed by atoms with Crippen molar-refractivity contribution in [2.45, 2.75) is 93.2 Å². The third-order valence-electron chi connectivity index (χ3n) is 7.34. The van der Waals surface area contributed by atoms with E-state index in [1.807, 2.05) is 57.2 Å². The van der Waals surface area contributed by atoms with Gasteiger partial charge in [0, 0.05) is 12.8 Å². The van der Waals surface area contributed by atoms with Gasteiger partial charge < -0.3 is 16.2 Å². The number of carbonyl (C=O) groups is 2. The molecule has 2 atom stereocenters. The fraction of sp³-hybridized carbons (Fsp3) is 0.421. The molecule has 0 aliphatic heterocycles. The van der Waals surface area contributed by atoms with Gasteiger partial charge in [-0.05, 0) is 70.9 Å². The standard InChI is InChI=1S/C38H54N2O3/c1-9-16-28(2)19-14-20-29(3)17-10-11-18-30(4)21-15-22-31(5)24-25-33-32(6)36(41)35(27-38(33,7)8)43-37(42)34(40)23-12-13-26-39/h9-11,14-22,24-25,34-35H,12-13,23,26-27,39-40H2,1-8H3/p+2/b11-10+,16-9+,20-14+,21-15+,25-24+,28-19+,29-17+,30-18+,31-22+. The molecule has 0 radical (unpaired) electrons. The van der Waals surface area contributed by atoms with Gasteiger partial charge in [0.1, 0.15) is 0 Å². The smallest absolute Gasteiger partial charge is 0.365 e. The first-order valence-electron chi connectivity index (χ1n) is 15.4. The Bertz CT molecular complexity index is 1260. The number of quaternary nitrogens is 2. The summed E-state index contributed by atoms with van der Waals surface area (Å²) in [5.41, 5.74) is 13.7. The van der Waals surface area contributed by atoms with Gasteiger partial charge in [-0.1, -0.05) is 121 Å². The fourth-order valence-electron chi connectivity index (χ4n) is 4.73. The highest BCUT2D eigenvalue weighted by Gasteiger charge is 2.40. The van der Waals surface area contributed by atoms with Gasteiger partial charge >= 0.3 is 5.97 Å². The first kappa shape index (κ1) is 37.5. The number of ketones is 1. The van der Waals surface area contributed by atoms with Gasteiger partial charge in [0.15, 0.2) is 17.9 Å².